The molecule has 0 saturated heterocycles. The third-order valence-electron chi connectivity index (χ3n) is 18.8. The van der Waals surface area contributed by atoms with Crippen LogP contribution in [0.2, 0.25) is 0 Å². The Bertz CT molecular complexity index is 3950. The number of nitrogens with zero attached hydrogens (tertiary/aromatic N) is 3. The van der Waals surface area contributed by atoms with E-state index >= 15 is 0 Å². The largest absolute Gasteiger partial charge is 0.334 e. The zero-order valence-corrected chi connectivity index (χ0v) is 42.3. The van der Waals surface area contributed by atoms with Gasteiger partial charge in [-0.05, 0) is 157 Å². The molecule has 4 heteroatoms. The van der Waals surface area contributed by atoms with Crippen molar-refractivity contribution >= 4 is 90.1 Å². The molecular weight excluding hydrogens is 906 g/mol. The fraction of sp³-hybridized carbons (Fsp3) is 0.127. The van der Waals surface area contributed by atoms with Crippen molar-refractivity contribution in [2.75, 3.05) is 14.7 Å². The van der Waals surface area contributed by atoms with Crippen LogP contribution in [0.3, 0.4) is 0 Å². The lowest BCUT2D eigenvalue weighted by atomic mass is 9.28. The molecule has 0 radical (unpaired) electrons. The summed E-state index contributed by atoms with van der Waals surface area (Å²) < 4.78 is 0. The Labute approximate surface area is 440 Å². The van der Waals surface area contributed by atoms with E-state index in [0.717, 1.165) is 24.2 Å². The lowest BCUT2D eigenvalue weighted by Gasteiger charge is -2.53. The Morgan fingerprint density at radius 1 is 0.347 bits per heavy atom. The van der Waals surface area contributed by atoms with Gasteiger partial charge in [0.05, 0.1) is 11.0 Å². The molecule has 0 N–H and O–H groups in total. The fourth-order valence-corrected chi connectivity index (χ4v) is 15.3. The summed E-state index contributed by atoms with van der Waals surface area (Å²) in [5, 5.41) is 4.94. The molecule has 11 aromatic rings. The van der Waals surface area contributed by atoms with E-state index in [1.54, 1.807) is 0 Å². The fourth-order valence-electron chi connectivity index (χ4n) is 15.3. The average molecular weight is 960 g/mol. The highest BCUT2D eigenvalue weighted by Gasteiger charge is 2.59. The normalized spacial score (nSPS) is 19.2. The van der Waals surface area contributed by atoms with E-state index in [0.29, 0.717) is 0 Å². The number of benzene rings is 11. The number of fused-ring (bicyclic) bond motifs is 5. The van der Waals surface area contributed by atoms with Gasteiger partial charge in [0.1, 0.15) is 0 Å². The summed E-state index contributed by atoms with van der Waals surface area (Å²) in [5.74, 6) is 0. The summed E-state index contributed by atoms with van der Waals surface area (Å²) in [6, 6.07) is 92.6. The monoisotopic (exact) mass is 959 g/mol. The maximum atomic E-state index is 2.80. The van der Waals surface area contributed by atoms with Gasteiger partial charge in [0.25, 0.3) is 6.71 Å². The Hall–Kier alpha value is -8.60. The van der Waals surface area contributed by atoms with Gasteiger partial charge in [0.15, 0.2) is 0 Å². The van der Waals surface area contributed by atoms with Crippen molar-refractivity contribution in [3.8, 4) is 11.1 Å². The second-order valence-electron chi connectivity index (χ2n) is 22.3. The van der Waals surface area contributed by atoms with Crippen molar-refractivity contribution < 1.29 is 0 Å². The Kier molecular flexibility index (Phi) is 8.98. The lowest BCUT2D eigenvalue weighted by Crippen LogP contribution is -2.68. The van der Waals surface area contributed by atoms with Crippen LogP contribution in [-0.2, 0) is 10.8 Å². The molecule has 0 amide bonds. The van der Waals surface area contributed by atoms with Crippen LogP contribution in [-0.4, -0.2) is 12.3 Å². The molecule has 0 spiro atoms. The molecule has 16 rings (SSSR count). The topological polar surface area (TPSA) is 9.72 Å². The molecule has 2 atom stereocenters. The number of rotatable bonds is 6. The molecule has 1 saturated carbocycles. The second kappa shape index (κ2) is 15.7. The molecule has 11 aromatic carbocycles. The van der Waals surface area contributed by atoms with E-state index in [4.69, 9.17) is 0 Å². The molecule has 356 valence electrons. The summed E-state index contributed by atoms with van der Waals surface area (Å²) in [7, 11) is 0. The summed E-state index contributed by atoms with van der Waals surface area (Å²) in [4.78, 5) is 8.11. The SMILES string of the molecule is CC12CCCCC1(C)N(c1cc3c4c(c1)N(c1ccc5ccccc5c1)c1cccc5c1B4c1c(cccc1C5(c1ccccc1)c1ccccc1)N3c1ccc3ccccc3c1)c1ccc(-c3ccccc3)cc12. The van der Waals surface area contributed by atoms with E-state index in [1.807, 2.05) is 0 Å². The number of hydrogen-bond donors (Lipinski definition) is 0. The first-order valence-electron chi connectivity index (χ1n) is 27.1. The van der Waals surface area contributed by atoms with Crippen molar-refractivity contribution in [3.05, 3.63) is 270 Å². The molecule has 1 aliphatic carbocycles. The van der Waals surface area contributed by atoms with Crippen molar-refractivity contribution in [3.63, 3.8) is 0 Å². The standard InChI is InChI=1S/C71H54BN3/c1-69-40-16-17-41-70(69,2)75(61-39-36-52(44-60(61)69)47-20-6-3-7-21-47)57-45-64-68-65(46-57)74(56-38-35-49-23-13-15-25-51(49)43-56)63-33-19-31-59-67(63)72(68)66-58(71(59,53-26-8-4-9-27-53)54-28-10-5-11-29-54)30-18-32-62(66)73(64)55-37-34-48-22-12-14-24-50(48)42-55/h3-15,18-39,42-46H,16-17,40-41H2,1-2H3. The van der Waals surface area contributed by atoms with Crippen molar-refractivity contribution in [2.45, 2.75) is 55.9 Å². The van der Waals surface area contributed by atoms with E-state index in [1.165, 1.54) is 124 Å². The predicted octanol–water partition coefficient (Wildman–Crippen LogP) is 16.2. The minimum absolute atomic E-state index is 0.0368. The molecule has 3 nitrogen and oxygen atoms in total. The van der Waals surface area contributed by atoms with Gasteiger partial charge in [-0.15, -0.1) is 0 Å². The smallest absolute Gasteiger partial charge is 0.253 e. The number of hydrogen-bond acceptors (Lipinski definition) is 3. The van der Waals surface area contributed by atoms with Crippen LogP contribution in [0.4, 0.5) is 45.5 Å². The van der Waals surface area contributed by atoms with E-state index < -0.39 is 5.41 Å². The molecule has 2 unspecified atom stereocenters. The molecule has 4 heterocycles. The van der Waals surface area contributed by atoms with Gasteiger partial charge in [-0.1, -0.05) is 202 Å². The second-order valence-corrected chi connectivity index (χ2v) is 22.3. The molecule has 5 aliphatic rings. The van der Waals surface area contributed by atoms with Crippen LogP contribution in [0.15, 0.2) is 243 Å². The van der Waals surface area contributed by atoms with Crippen LogP contribution in [0, 0.1) is 0 Å². The summed E-state index contributed by atoms with van der Waals surface area (Å²) in [6.45, 7) is 5.12. The summed E-state index contributed by atoms with van der Waals surface area (Å²) >= 11 is 0. The van der Waals surface area contributed by atoms with Gasteiger partial charge in [0.2, 0.25) is 0 Å². The molecular formula is C71H54BN3. The predicted molar refractivity (Wildman–Crippen MR) is 316 cm³/mol. The minimum atomic E-state index is -0.618. The van der Waals surface area contributed by atoms with Crippen molar-refractivity contribution in [2.24, 2.45) is 0 Å². The first-order valence-corrected chi connectivity index (χ1v) is 27.1. The first-order chi connectivity index (χ1) is 36.9. The zero-order valence-electron chi connectivity index (χ0n) is 42.3. The highest BCUT2D eigenvalue weighted by Crippen LogP contribution is 2.63. The van der Waals surface area contributed by atoms with Gasteiger partial charge in [-0.2, -0.15) is 0 Å². The average Bonchev–Trinajstić information content (AvgIpc) is 3.69. The number of anilines is 8. The van der Waals surface area contributed by atoms with Crippen LogP contribution in [0.5, 0.6) is 0 Å². The van der Waals surface area contributed by atoms with Crippen molar-refractivity contribution in [1.82, 2.24) is 0 Å². The lowest BCUT2D eigenvalue weighted by molar-refractivity contribution is 0.195. The van der Waals surface area contributed by atoms with Crippen LogP contribution in [0.1, 0.15) is 67.3 Å². The van der Waals surface area contributed by atoms with Crippen LogP contribution in [0.25, 0.3) is 32.7 Å². The highest BCUT2D eigenvalue weighted by molar-refractivity contribution is 7.01. The van der Waals surface area contributed by atoms with E-state index in [-0.39, 0.29) is 17.7 Å². The van der Waals surface area contributed by atoms with Gasteiger partial charge >= 0.3 is 0 Å². The van der Waals surface area contributed by atoms with Gasteiger partial charge in [0, 0.05) is 50.9 Å². The highest BCUT2D eigenvalue weighted by atomic mass is 15.3. The van der Waals surface area contributed by atoms with Crippen LogP contribution < -0.4 is 31.1 Å². The molecule has 0 aromatic heterocycles. The van der Waals surface area contributed by atoms with E-state index in [2.05, 4.69) is 271 Å². The summed E-state index contributed by atoms with van der Waals surface area (Å²) in [6.07, 6.45) is 4.68. The maximum absolute atomic E-state index is 2.80. The molecule has 4 aliphatic heterocycles. The summed E-state index contributed by atoms with van der Waals surface area (Å²) in [5.41, 5.74) is 22.3. The minimum Gasteiger partial charge on any atom is -0.334 e. The van der Waals surface area contributed by atoms with Crippen LogP contribution >= 0.6 is 0 Å². The Morgan fingerprint density at radius 3 is 1.41 bits per heavy atom. The van der Waals surface area contributed by atoms with Crippen molar-refractivity contribution in [1.29, 1.82) is 0 Å². The molecule has 1 fully saturated rings. The van der Waals surface area contributed by atoms with Gasteiger partial charge in [-0.25, -0.2) is 0 Å². The van der Waals surface area contributed by atoms with E-state index in [9.17, 15) is 0 Å². The van der Waals surface area contributed by atoms with Gasteiger partial charge < -0.3 is 14.7 Å². The maximum Gasteiger partial charge on any atom is 0.253 e. The molecule has 75 heavy (non-hydrogen) atoms. The Morgan fingerprint density at radius 2 is 0.853 bits per heavy atom. The first kappa shape index (κ1) is 42.9. The van der Waals surface area contributed by atoms with Gasteiger partial charge in [-0.3, -0.25) is 0 Å². The molecule has 0 bridgehead atoms. The third kappa shape index (κ3) is 5.72. The Balaban J connectivity index is 1.05. The zero-order chi connectivity index (χ0) is 49.6. The quantitative estimate of drug-likeness (QED) is 0.154. The third-order valence-corrected chi connectivity index (χ3v) is 18.8.